The van der Waals surface area contributed by atoms with Crippen molar-refractivity contribution in [3.8, 4) is 0 Å². The molecule has 3 N–H and O–H groups in total. The number of hydroxylamine groups is 1. The highest BCUT2D eigenvalue weighted by atomic mass is 19.4. The summed E-state index contributed by atoms with van der Waals surface area (Å²) in [6.45, 7) is -0.870. The van der Waals surface area contributed by atoms with Gasteiger partial charge in [0.2, 0.25) is 11.7 Å². The smallest absolute Gasteiger partial charge is 0.377 e. The lowest BCUT2D eigenvalue weighted by molar-refractivity contribution is -0.221. The van der Waals surface area contributed by atoms with Crippen LogP contribution in [0.3, 0.4) is 0 Å². The van der Waals surface area contributed by atoms with Crippen LogP contribution in [0.15, 0.2) is 47.6 Å². The number of amidine groups is 1. The largest absolute Gasteiger partial charge is 0.451 e. The van der Waals surface area contributed by atoms with Crippen molar-refractivity contribution in [1.29, 1.82) is 0 Å². The zero-order valence-corrected chi connectivity index (χ0v) is 20.1. The highest BCUT2D eigenvalue weighted by Crippen LogP contribution is 2.31. The van der Waals surface area contributed by atoms with Gasteiger partial charge in [0.25, 0.3) is 0 Å². The number of aliphatic hydroxyl groups excluding tert-OH is 1. The number of aliphatic hydroxyl groups is 1. The summed E-state index contributed by atoms with van der Waals surface area (Å²) >= 11 is 0. The maximum Gasteiger partial charge on any atom is 0.451 e. The molecule has 2 aliphatic rings. The number of hydrogen-bond acceptors (Lipinski definition) is 8. The zero-order chi connectivity index (χ0) is 28.5. The van der Waals surface area contributed by atoms with Crippen LogP contribution >= 0.6 is 0 Å². The van der Waals surface area contributed by atoms with Crippen LogP contribution in [-0.4, -0.2) is 75.8 Å². The van der Waals surface area contributed by atoms with Gasteiger partial charge in [-0.2, -0.15) is 13.2 Å². The second kappa shape index (κ2) is 11.1. The molecule has 2 aromatic carbocycles. The molecule has 9 nitrogen and oxygen atoms in total. The quantitative estimate of drug-likeness (QED) is 0.395. The van der Waals surface area contributed by atoms with E-state index in [4.69, 9.17) is 10.6 Å². The van der Waals surface area contributed by atoms with E-state index in [1.54, 1.807) is 18.2 Å². The highest BCUT2D eigenvalue weighted by molar-refractivity contribution is 5.89. The number of nitrogens with zero attached hydrogens (tertiary/aromatic N) is 4. The minimum absolute atomic E-state index is 0.144. The number of amides is 1. The molecule has 2 aromatic rings. The predicted octanol–water partition coefficient (Wildman–Crippen LogP) is 2.22. The molecule has 15 heteroatoms. The van der Waals surface area contributed by atoms with Crippen LogP contribution in [0.25, 0.3) is 0 Å². The number of nitrogens with two attached hydrogens (primary N) is 1. The first kappa shape index (κ1) is 28.2. The third kappa shape index (κ3) is 6.25. The fraction of sp³-hybridized carbons (Fsp3) is 0.375. The number of halogens is 6. The molecule has 1 unspecified atom stereocenters. The predicted molar refractivity (Wildman–Crippen MR) is 123 cm³/mol. The Hall–Kier alpha value is -3.85. The number of benzene rings is 2. The maximum atomic E-state index is 13.9. The minimum Gasteiger partial charge on any atom is -0.377 e. The molecule has 2 heterocycles. The van der Waals surface area contributed by atoms with Gasteiger partial charge >= 0.3 is 12.1 Å². The number of rotatable bonds is 7. The monoisotopic (exact) mass is 559 g/mol. The number of carbonyl (C=O) groups excluding carboxylic acids is 2. The summed E-state index contributed by atoms with van der Waals surface area (Å²) < 4.78 is 81.4. The van der Waals surface area contributed by atoms with Crippen LogP contribution in [0.2, 0.25) is 0 Å². The first-order valence-corrected chi connectivity index (χ1v) is 11.7. The number of hydrazone groups is 1. The van der Waals surface area contributed by atoms with Gasteiger partial charge in [-0.3, -0.25) is 4.79 Å². The van der Waals surface area contributed by atoms with Gasteiger partial charge in [-0.1, -0.05) is 35.5 Å². The first-order valence-electron chi connectivity index (χ1n) is 11.7. The van der Waals surface area contributed by atoms with Gasteiger partial charge in [0.1, 0.15) is 5.82 Å². The number of hydrogen-bond donors (Lipinski definition) is 2. The number of fused-ring (bicyclic) bond motifs is 1. The molecule has 0 aliphatic carbocycles. The Kier molecular flexibility index (Phi) is 8.02. The second-order valence-corrected chi connectivity index (χ2v) is 8.99. The van der Waals surface area contributed by atoms with E-state index in [-0.39, 0.29) is 43.6 Å². The minimum atomic E-state index is -4.90. The number of carbonyl (C=O) groups is 2. The lowest BCUT2D eigenvalue weighted by atomic mass is 10.0. The Morgan fingerprint density at radius 1 is 1.08 bits per heavy atom. The van der Waals surface area contributed by atoms with E-state index in [1.165, 1.54) is 17.0 Å². The zero-order valence-electron chi connectivity index (χ0n) is 20.1. The van der Waals surface area contributed by atoms with Crippen molar-refractivity contribution in [1.82, 2.24) is 15.0 Å². The van der Waals surface area contributed by atoms with Crippen LogP contribution in [0.4, 0.5) is 26.3 Å². The van der Waals surface area contributed by atoms with Crippen LogP contribution in [0.5, 0.6) is 0 Å². The Morgan fingerprint density at radius 2 is 1.74 bits per heavy atom. The number of piperazine rings is 1. The van der Waals surface area contributed by atoms with E-state index in [0.717, 1.165) is 4.90 Å². The topological polar surface area (TPSA) is 112 Å². The highest BCUT2D eigenvalue weighted by Gasteiger charge is 2.52. The molecule has 0 bridgehead atoms. The Labute approximate surface area is 218 Å². The van der Waals surface area contributed by atoms with E-state index in [2.05, 4.69) is 5.10 Å². The van der Waals surface area contributed by atoms with Crippen molar-refractivity contribution in [3.63, 3.8) is 0 Å². The van der Waals surface area contributed by atoms with Gasteiger partial charge in [-0.25, -0.2) is 18.0 Å². The molecule has 0 aromatic heterocycles. The number of alkyl halides is 3. The molecule has 0 saturated carbocycles. The fourth-order valence-corrected chi connectivity index (χ4v) is 4.29. The van der Waals surface area contributed by atoms with Crippen molar-refractivity contribution in [2.75, 3.05) is 19.6 Å². The summed E-state index contributed by atoms with van der Waals surface area (Å²) in [6.07, 6.45) is -8.75. The Bertz CT molecular complexity index is 1260. The Balaban J connectivity index is 1.44. The van der Waals surface area contributed by atoms with Crippen LogP contribution < -0.4 is 5.73 Å². The van der Waals surface area contributed by atoms with Crippen molar-refractivity contribution in [2.24, 2.45) is 10.8 Å². The SMILES string of the molecule is N[C@@H](CC(=O)N1CCN2C(C(F)(F)F)=NN(OC(=O)[C@H](O)c3ccccc3)C2C1)Cc1cc(F)c(F)cc1F. The van der Waals surface area contributed by atoms with Crippen LogP contribution in [0, 0.1) is 17.5 Å². The average Bonchev–Trinajstić information content (AvgIpc) is 3.25. The molecule has 4 rings (SSSR count). The van der Waals surface area contributed by atoms with Crippen LogP contribution in [0.1, 0.15) is 23.7 Å². The lowest BCUT2D eigenvalue weighted by Crippen LogP contribution is -2.60. The molecule has 1 saturated heterocycles. The van der Waals surface area contributed by atoms with Crippen molar-refractivity contribution in [3.05, 3.63) is 71.0 Å². The van der Waals surface area contributed by atoms with E-state index in [9.17, 15) is 41.0 Å². The van der Waals surface area contributed by atoms with Crippen molar-refractivity contribution < 1.29 is 45.9 Å². The molecular formula is C24H23F6N5O4. The van der Waals surface area contributed by atoms with Crippen molar-refractivity contribution >= 4 is 17.7 Å². The molecule has 39 heavy (non-hydrogen) atoms. The van der Waals surface area contributed by atoms with E-state index >= 15 is 0 Å². The third-order valence-electron chi connectivity index (χ3n) is 6.21. The molecule has 2 aliphatic heterocycles. The average molecular weight is 559 g/mol. The summed E-state index contributed by atoms with van der Waals surface area (Å²) in [7, 11) is 0. The molecule has 0 spiro atoms. The molecule has 0 radical (unpaired) electrons. The Morgan fingerprint density at radius 3 is 2.41 bits per heavy atom. The van der Waals surface area contributed by atoms with E-state index in [0.29, 0.717) is 17.3 Å². The molecule has 3 atom stereocenters. The second-order valence-electron chi connectivity index (χ2n) is 8.99. The van der Waals surface area contributed by atoms with Gasteiger partial charge in [-0.05, 0) is 23.6 Å². The van der Waals surface area contributed by atoms with E-state index < -0.39 is 59.7 Å². The summed E-state index contributed by atoms with van der Waals surface area (Å²) in [6, 6.07) is 7.54. The molecule has 210 valence electrons. The molecule has 1 fully saturated rings. The molecular weight excluding hydrogens is 536 g/mol. The fourth-order valence-electron chi connectivity index (χ4n) is 4.29. The van der Waals surface area contributed by atoms with Gasteiger partial charge in [0.15, 0.2) is 23.9 Å². The van der Waals surface area contributed by atoms with Gasteiger partial charge in [0, 0.05) is 31.6 Å². The third-order valence-corrected chi connectivity index (χ3v) is 6.21. The lowest BCUT2D eigenvalue weighted by Gasteiger charge is -2.40. The summed E-state index contributed by atoms with van der Waals surface area (Å²) in [4.78, 5) is 32.3. The molecule has 1 amide bonds. The summed E-state index contributed by atoms with van der Waals surface area (Å²) in [5.74, 6) is -6.93. The van der Waals surface area contributed by atoms with E-state index in [1.807, 2.05) is 0 Å². The first-order chi connectivity index (χ1) is 18.3. The van der Waals surface area contributed by atoms with Crippen molar-refractivity contribution in [2.45, 2.75) is 37.3 Å². The van der Waals surface area contributed by atoms with Gasteiger partial charge in [0.05, 0.1) is 6.54 Å². The van der Waals surface area contributed by atoms with Crippen LogP contribution in [-0.2, 0) is 20.8 Å². The summed E-state index contributed by atoms with van der Waals surface area (Å²) in [5, 5.41) is 14.0. The van der Waals surface area contributed by atoms with Gasteiger partial charge in [-0.15, -0.1) is 5.10 Å². The van der Waals surface area contributed by atoms with Gasteiger partial charge < -0.3 is 25.5 Å². The summed E-state index contributed by atoms with van der Waals surface area (Å²) in [5.41, 5.74) is 5.82. The maximum absolute atomic E-state index is 13.9. The standard InChI is InChI=1S/C24H23F6N5O4/c25-16-11-18(27)17(26)9-14(16)8-15(31)10-20(36)33-6-7-34-19(12-33)35(32-23(34)24(28,29)30)39-22(38)21(37)13-4-2-1-3-5-13/h1-5,9,11,15,19,21,37H,6-8,10,12,31H2/t15-,19?,21-/m1/s1. The normalized spacial score (nSPS) is 18.9.